The topological polar surface area (TPSA) is 129 Å². The summed E-state index contributed by atoms with van der Waals surface area (Å²) in [5.74, 6) is -1.33. The van der Waals surface area contributed by atoms with Gasteiger partial charge in [-0.2, -0.15) is 0 Å². The molecule has 1 unspecified atom stereocenters. The third kappa shape index (κ3) is 28.2. The molecule has 49 heavy (non-hydrogen) atoms. The minimum Gasteiger partial charge on any atom is -0.465 e. The summed E-state index contributed by atoms with van der Waals surface area (Å²) < 4.78 is 21.6. The van der Waals surface area contributed by atoms with Crippen molar-refractivity contribution in [1.82, 2.24) is 4.90 Å². The normalized spacial score (nSPS) is 12.1. The largest absolute Gasteiger partial charge is 0.465 e. The average Bonchev–Trinajstić information content (AvgIpc) is 3.06. The van der Waals surface area contributed by atoms with Gasteiger partial charge in [0.1, 0.15) is 19.8 Å². The highest BCUT2D eigenvalue weighted by Gasteiger charge is 2.34. The summed E-state index contributed by atoms with van der Waals surface area (Å²) in [6.07, 6.45) is 21.3. The number of carbonyl (C=O) groups is 4. The molecule has 0 bridgehead atoms. The van der Waals surface area contributed by atoms with Gasteiger partial charge in [0.05, 0.1) is 24.5 Å². The molecule has 0 fully saturated rings. The first-order valence-corrected chi connectivity index (χ1v) is 19.5. The summed E-state index contributed by atoms with van der Waals surface area (Å²) in [6.45, 7) is 11.1. The minimum absolute atomic E-state index is 0.00393. The second-order valence-electron chi connectivity index (χ2n) is 13.9. The zero-order valence-electron chi connectivity index (χ0n) is 32.0. The molecule has 0 saturated carbocycles. The molecule has 1 atom stereocenters. The summed E-state index contributed by atoms with van der Waals surface area (Å²) in [6, 6.07) is 0. The minimum atomic E-state index is -0.822. The quantitative estimate of drug-likeness (QED) is 0.0401. The highest BCUT2D eigenvalue weighted by atomic mass is 16.6. The molecule has 288 valence electrons. The van der Waals surface area contributed by atoms with Crippen molar-refractivity contribution in [3.05, 3.63) is 0 Å². The molecule has 10 nitrogen and oxygen atoms in total. The average molecular weight is 700 g/mol. The Balaban J connectivity index is 4.63. The van der Waals surface area contributed by atoms with Crippen LogP contribution in [0.3, 0.4) is 0 Å². The van der Waals surface area contributed by atoms with Crippen molar-refractivity contribution in [2.75, 3.05) is 52.7 Å². The van der Waals surface area contributed by atoms with Crippen LogP contribution >= 0.6 is 0 Å². The van der Waals surface area contributed by atoms with E-state index < -0.39 is 23.3 Å². The van der Waals surface area contributed by atoms with Crippen LogP contribution in [0.5, 0.6) is 0 Å². The van der Waals surface area contributed by atoms with E-state index in [4.69, 9.17) is 18.9 Å². The first-order valence-electron chi connectivity index (χ1n) is 19.5. The first kappa shape index (κ1) is 46.8. The second kappa shape index (κ2) is 31.8. The molecule has 0 saturated heterocycles. The third-order valence-electron chi connectivity index (χ3n) is 9.10. The lowest BCUT2D eigenvalue weighted by atomic mass is 9.85. The van der Waals surface area contributed by atoms with E-state index in [0.29, 0.717) is 19.6 Å². The predicted octanol–water partition coefficient (Wildman–Crippen LogP) is 7.96. The number of ether oxygens (including phenoxy) is 4. The van der Waals surface area contributed by atoms with Gasteiger partial charge in [0.15, 0.2) is 0 Å². The zero-order chi connectivity index (χ0) is 36.6. The SMILES string of the molecule is CCCCCCCCC(CCCCCCC)C(=O)OCCCCCCN(CCO)CCCCC(COC(C)=O)(COC(C)=O)COC(C)=O. The van der Waals surface area contributed by atoms with Gasteiger partial charge in [-0.1, -0.05) is 104 Å². The molecule has 0 radical (unpaired) electrons. The van der Waals surface area contributed by atoms with Crippen molar-refractivity contribution in [3.63, 3.8) is 0 Å². The smallest absolute Gasteiger partial charge is 0.308 e. The van der Waals surface area contributed by atoms with Crippen LogP contribution in [0.4, 0.5) is 0 Å². The molecule has 1 N–H and O–H groups in total. The molecule has 0 rings (SSSR count). The van der Waals surface area contributed by atoms with Crippen LogP contribution in [-0.2, 0) is 38.1 Å². The summed E-state index contributed by atoms with van der Waals surface area (Å²) in [4.78, 5) is 49.8. The molecule has 0 aliphatic carbocycles. The monoisotopic (exact) mass is 700 g/mol. The highest BCUT2D eigenvalue weighted by molar-refractivity contribution is 5.72. The molecule has 0 aromatic carbocycles. The van der Waals surface area contributed by atoms with Crippen molar-refractivity contribution in [3.8, 4) is 0 Å². The summed E-state index contributed by atoms with van der Waals surface area (Å²) in [5, 5.41) is 9.62. The fourth-order valence-corrected chi connectivity index (χ4v) is 6.04. The molecule has 0 aromatic heterocycles. The van der Waals surface area contributed by atoms with Gasteiger partial charge in [-0.25, -0.2) is 0 Å². The number of hydrogen-bond donors (Lipinski definition) is 1. The van der Waals surface area contributed by atoms with Crippen LogP contribution in [-0.4, -0.2) is 86.6 Å². The number of hydrogen-bond acceptors (Lipinski definition) is 10. The van der Waals surface area contributed by atoms with E-state index in [-0.39, 0.29) is 38.3 Å². The maximum atomic E-state index is 12.9. The number of carbonyl (C=O) groups excluding carboxylic acids is 4. The Morgan fingerprint density at radius 1 is 0.551 bits per heavy atom. The third-order valence-corrected chi connectivity index (χ3v) is 9.10. The van der Waals surface area contributed by atoms with Crippen LogP contribution < -0.4 is 0 Å². The molecule has 0 amide bonds. The Bertz CT molecular complexity index is 805. The summed E-state index contributed by atoms with van der Waals surface area (Å²) in [5.41, 5.74) is -0.822. The Morgan fingerprint density at radius 3 is 1.45 bits per heavy atom. The van der Waals surface area contributed by atoms with E-state index in [1.165, 1.54) is 78.6 Å². The zero-order valence-corrected chi connectivity index (χ0v) is 32.0. The van der Waals surface area contributed by atoms with Crippen LogP contribution in [0.15, 0.2) is 0 Å². The Morgan fingerprint density at radius 2 is 0.980 bits per heavy atom. The number of aliphatic hydroxyl groups excluding tert-OH is 1. The molecule has 0 spiro atoms. The molecule has 0 aliphatic heterocycles. The molecule has 0 aliphatic rings. The highest BCUT2D eigenvalue weighted by Crippen LogP contribution is 2.28. The van der Waals surface area contributed by atoms with Crippen molar-refractivity contribution in [1.29, 1.82) is 0 Å². The maximum absolute atomic E-state index is 12.9. The Kier molecular flexibility index (Phi) is 30.3. The summed E-state index contributed by atoms with van der Waals surface area (Å²) in [7, 11) is 0. The summed E-state index contributed by atoms with van der Waals surface area (Å²) >= 11 is 0. The van der Waals surface area contributed by atoms with Gasteiger partial charge >= 0.3 is 23.9 Å². The molecular formula is C39H73NO9. The number of aliphatic hydroxyl groups is 1. The first-order chi connectivity index (χ1) is 23.6. The van der Waals surface area contributed by atoms with Crippen LogP contribution in [0.2, 0.25) is 0 Å². The van der Waals surface area contributed by atoms with Crippen LogP contribution in [0, 0.1) is 11.3 Å². The van der Waals surface area contributed by atoms with E-state index in [1.54, 1.807) is 0 Å². The van der Waals surface area contributed by atoms with Gasteiger partial charge in [-0.15, -0.1) is 0 Å². The van der Waals surface area contributed by atoms with Gasteiger partial charge in [0, 0.05) is 27.3 Å². The number of nitrogens with zero attached hydrogens (tertiary/aromatic N) is 1. The Hall–Kier alpha value is -2.20. The van der Waals surface area contributed by atoms with Gasteiger partial charge in [0.25, 0.3) is 0 Å². The van der Waals surface area contributed by atoms with Crippen molar-refractivity contribution in [2.24, 2.45) is 11.3 Å². The van der Waals surface area contributed by atoms with E-state index in [1.807, 2.05) is 0 Å². The standard InChI is InChI=1S/C39H73NO9/c1-6-8-10-12-14-18-24-37(23-17-13-11-9-7-2)38(45)46-30-22-16-15-20-26-40(28-29-41)27-21-19-25-39(31-47-34(3)42,32-48-35(4)43)33-49-36(5)44/h37,41H,6-33H2,1-5H3. The van der Waals surface area contributed by atoms with Crippen LogP contribution in [0.1, 0.15) is 163 Å². The second-order valence-corrected chi connectivity index (χ2v) is 13.9. The van der Waals surface area contributed by atoms with E-state index in [0.717, 1.165) is 77.3 Å². The van der Waals surface area contributed by atoms with E-state index >= 15 is 0 Å². The Labute approximate surface area is 298 Å². The predicted molar refractivity (Wildman–Crippen MR) is 194 cm³/mol. The van der Waals surface area contributed by atoms with Gasteiger partial charge in [-0.05, 0) is 51.6 Å². The lowest BCUT2D eigenvalue weighted by molar-refractivity contribution is -0.160. The van der Waals surface area contributed by atoms with E-state index in [9.17, 15) is 24.3 Å². The number of esters is 4. The van der Waals surface area contributed by atoms with Crippen molar-refractivity contribution in [2.45, 2.75) is 163 Å². The molecular weight excluding hydrogens is 626 g/mol. The lowest BCUT2D eigenvalue weighted by Gasteiger charge is -2.32. The molecule has 10 heteroatoms. The molecule has 0 aromatic rings. The van der Waals surface area contributed by atoms with E-state index in [2.05, 4.69) is 18.7 Å². The number of unbranched alkanes of at least 4 members (excludes halogenated alkanes) is 13. The van der Waals surface area contributed by atoms with Crippen LogP contribution in [0.25, 0.3) is 0 Å². The number of rotatable bonds is 34. The van der Waals surface area contributed by atoms with Gasteiger partial charge in [-0.3, -0.25) is 19.2 Å². The fraction of sp³-hybridized carbons (Fsp3) is 0.897. The lowest BCUT2D eigenvalue weighted by Crippen LogP contribution is -2.39. The van der Waals surface area contributed by atoms with Gasteiger partial charge in [0.2, 0.25) is 0 Å². The van der Waals surface area contributed by atoms with Crippen molar-refractivity contribution < 1.29 is 43.2 Å². The fourth-order valence-electron chi connectivity index (χ4n) is 6.04. The van der Waals surface area contributed by atoms with Crippen molar-refractivity contribution >= 4 is 23.9 Å². The maximum Gasteiger partial charge on any atom is 0.308 e. The molecule has 0 heterocycles. The van der Waals surface area contributed by atoms with Gasteiger partial charge < -0.3 is 29.0 Å².